The summed E-state index contributed by atoms with van der Waals surface area (Å²) in [4.78, 5) is 32.5. The van der Waals surface area contributed by atoms with Gasteiger partial charge in [-0.2, -0.15) is 0 Å². The second-order valence-corrected chi connectivity index (χ2v) is 8.61. The molecule has 162 valence electrons. The predicted molar refractivity (Wildman–Crippen MR) is 109 cm³/mol. The van der Waals surface area contributed by atoms with Crippen LogP contribution in [0.5, 0.6) is 11.5 Å². The van der Waals surface area contributed by atoms with Crippen molar-refractivity contribution in [3.63, 3.8) is 0 Å². The molecule has 0 aliphatic carbocycles. The molecule has 8 heteroatoms. The molecule has 0 radical (unpaired) electrons. The van der Waals surface area contributed by atoms with Crippen LogP contribution in [0.4, 0.5) is 0 Å². The average Bonchev–Trinajstić information content (AvgIpc) is 3.37. The maximum Gasteiger partial charge on any atom is 0.254 e. The van der Waals surface area contributed by atoms with Gasteiger partial charge in [0, 0.05) is 51.4 Å². The van der Waals surface area contributed by atoms with Crippen molar-refractivity contribution < 1.29 is 23.8 Å². The number of carbonyl (C=O) groups excluding carboxylic acids is 2. The van der Waals surface area contributed by atoms with Crippen LogP contribution in [0.3, 0.4) is 0 Å². The van der Waals surface area contributed by atoms with E-state index in [4.69, 9.17) is 14.2 Å². The van der Waals surface area contributed by atoms with Crippen molar-refractivity contribution in [2.24, 2.45) is 5.41 Å². The Morgan fingerprint density at radius 2 is 1.70 bits per heavy atom. The molecule has 8 nitrogen and oxygen atoms in total. The van der Waals surface area contributed by atoms with Crippen LogP contribution in [-0.4, -0.2) is 98.8 Å². The summed E-state index contributed by atoms with van der Waals surface area (Å²) in [5, 5.41) is 0. The van der Waals surface area contributed by atoms with Crippen LogP contribution in [0.2, 0.25) is 0 Å². The summed E-state index contributed by atoms with van der Waals surface area (Å²) in [5.74, 6) is 1.47. The first-order valence-electron chi connectivity index (χ1n) is 10.9. The summed E-state index contributed by atoms with van der Waals surface area (Å²) in [7, 11) is 0. The highest BCUT2D eigenvalue weighted by Crippen LogP contribution is 2.41. The summed E-state index contributed by atoms with van der Waals surface area (Å²) in [6.07, 6.45) is 1.58. The van der Waals surface area contributed by atoms with E-state index in [1.54, 1.807) is 18.2 Å². The number of hydrogen-bond acceptors (Lipinski definition) is 6. The van der Waals surface area contributed by atoms with E-state index in [0.29, 0.717) is 43.4 Å². The lowest BCUT2D eigenvalue weighted by Gasteiger charge is -2.29. The Morgan fingerprint density at radius 1 is 0.933 bits per heavy atom. The molecule has 4 aliphatic heterocycles. The zero-order valence-corrected chi connectivity index (χ0v) is 17.3. The maximum atomic E-state index is 13.2. The second kappa shape index (κ2) is 8.07. The third kappa shape index (κ3) is 3.63. The second-order valence-electron chi connectivity index (χ2n) is 8.61. The molecule has 0 saturated carbocycles. The fraction of sp³-hybridized carbons (Fsp3) is 0.636. The average molecular weight is 415 g/mol. The van der Waals surface area contributed by atoms with Gasteiger partial charge in [-0.3, -0.25) is 14.5 Å². The molecule has 0 aromatic heterocycles. The number of rotatable bonds is 4. The van der Waals surface area contributed by atoms with Crippen LogP contribution < -0.4 is 9.47 Å². The normalized spacial score (nSPS) is 26.6. The molecule has 1 atom stereocenters. The highest BCUT2D eigenvalue weighted by Gasteiger charge is 2.51. The quantitative estimate of drug-likeness (QED) is 0.726. The van der Waals surface area contributed by atoms with E-state index in [-0.39, 0.29) is 11.8 Å². The minimum absolute atomic E-state index is 0.0385. The maximum absolute atomic E-state index is 13.2. The molecule has 30 heavy (non-hydrogen) atoms. The zero-order valence-electron chi connectivity index (χ0n) is 17.3. The SMILES string of the molecule is O=C(c1ccc2c(c1)OCCO2)N1CCC2(CCN(CCN3CCOCC3)C2=O)C1. The van der Waals surface area contributed by atoms with Gasteiger partial charge in [-0.25, -0.2) is 0 Å². The fourth-order valence-electron chi connectivity index (χ4n) is 4.98. The molecule has 0 bridgehead atoms. The van der Waals surface area contributed by atoms with Crippen molar-refractivity contribution in [3.05, 3.63) is 23.8 Å². The Balaban J connectivity index is 1.20. The monoisotopic (exact) mass is 415 g/mol. The number of likely N-dealkylation sites (tertiary alicyclic amines) is 2. The molecule has 5 rings (SSSR count). The first kappa shape index (κ1) is 19.6. The van der Waals surface area contributed by atoms with Gasteiger partial charge in [0.15, 0.2) is 11.5 Å². The summed E-state index contributed by atoms with van der Waals surface area (Å²) in [5.41, 5.74) is 0.181. The van der Waals surface area contributed by atoms with Crippen LogP contribution >= 0.6 is 0 Å². The third-order valence-electron chi connectivity index (χ3n) is 6.82. The number of amides is 2. The summed E-state index contributed by atoms with van der Waals surface area (Å²) >= 11 is 0. The molecule has 2 amide bonds. The van der Waals surface area contributed by atoms with Crippen LogP contribution in [-0.2, 0) is 9.53 Å². The van der Waals surface area contributed by atoms with Gasteiger partial charge in [0.1, 0.15) is 13.2 Å². The van der Waals surface area contributed by atoms with E-state index >= 15 is 0 Å². The van der Waals surface area contributed by atoms with Gasteiger partial charge in [-0.05, 0) is 31.0 Å². The van der Waals surface area contributed by atoms with Gasteiger partial charge in [0.05, 0.1) is 18.6 Å². The molecule has 1 spiro atoms. The predicted octanol–water partition coefficient (Wildman–Crippen LogP) is 0.855. The number of fused-ring (bicyclic) bond motifs is 1. The molecule has 4 aliphatic rings. The summed E-state index contributed by atoms with van der Waals surface area (Å²) in [6.45, 7) is 8.01. The number of nitrogens with zero attached hydrogens (tertiary/aromatic N) is 3. The third-order valence-corrected chi connectivity index (χ3v) is 6.82. The molecule has 3 saturated heterocycles. The molecule has 1 unspecified atom stereocenters. The van der Waals surface area contributed by atoms with Gasteiger partial charge in [0.2, 0.25) is 5.91 Å². The topological polar surface area (TPSA) is 71.6 Å². The summed E-state index contributed by atoms with van der Waals surface area (Å²) in [6, 6.07) is 5.33. The van der Waals surface area contributed by atoms with Crippen molar-refractivity contribution in [1.29, 1.82) is 0 Å². The zero-order chi connectivity index (χ0) is 20.6. The smallest absolute Gasteiger partial charge is 0.254 e. The highest BCUT2D eigenvalue weighted by atomic mass is 16.6. The molecule has 1 aromatic rings. The van der Waals surface area contributed by atoms with E-state index < -0.39 is 5.41 Å². The van der Waals surface area contributed by atoms with Gasteiger partial charge >= 0.3 is 0 Å². The van der Waals surface area contributed by atoms with Gasteiger partial charge in [-0.1, -0.05) is 0 Å². The Bertz CT molecular complexity index is 825. The van der Waals surface area contributed by atoms with E-state index in [9.17, 15) is 9.59 Å². The van der Waals surface area contributed by atoms with Gasteiger partial charge in [0.25, 0.3) is 5.91 Å². The van der Waals surface area contributed by atoms with Gasteiger partial charge < -0.3 is 24.0 Å². The van der Waals surface area contributed by atoms with Crippen molar-refractivity contribution in [3.8, 4) is 11.5 Å². The number of benzene rings is 1. The minimum Gasteiger partial charge on any atom is -0.486 e. The largest absolute Gasteiger partial charge is 0.486 e. The number of carbonyl (C=O) groups is 2. The van der Waals surface area contributed by atoms with Crippen LogP contribution in [0.25, 0.3) is 0 Å². The first-order chi connectivity index (χ1) is 14.6. The van der Waals surface area contributed by atoms with Crippen LogP contribution in [0.1, 0.15) is 23.2 Å². The van der Waals surface area contributed by atoms with Crippen molar-refractivity contribution in [2.45, 2.75) is 12.8 Å². The Labute approximate surface area is 176 Å². The molecular formula is C22H29N3O5. The molecule has 0 N–H and O–H groups in total. The van der Waals surface area contributed by atoms with Crippen LogP contribution in [0, 0.1) is 5.41 Å². The lowest BCUT2D eigenvalue weighted by atomic mass is 9.85. The lowest BCUT2D eigenvalue weighted by molar-refractivity contribution is -0.135. The molecule has 4 heterocycles. The standard InChI is InChI=1S/C22H29N3O5/c26-20(17-1-2-18-19(15-17)30-14-13-29-18)25-6-4-22(16-25)3-5-24(21(22)27)8-7-23-9-11-28-12-10-23/h1-2,15H,3-14,16H2. The van der Waals surface area contributed by atoms with Crippen molar-refractivity contribution >= 4 is 11.8 Å². The summed E-state index contributed by atoms with van der Waals surface area (Å²) < 4.78 is 16.5. The van der Waals surface area contributed by atoms with Crippen LogP contribution in [0.15, 0.2) is 18.2 Å². The lowest BCUT2D eigenvalue weighted by Crippen LogP contribution is -2.43. The number of ether oxygens (including phenoxy) is 3. The van der Waals surface area contributed by atoms with E-state index in [1.165, 1.54) is 0 Å². The van der Waals surface area contributed by atoms with E-state index in [1.807, 2.05) is 9.80 Å². The molecular weight excluding hydrogens is 386 g/mol. The van der Waals surface area contributed by atoms with Gasteiger partial charge in [-0.15, -0.1) is 0 Å². The number of hydrogen-bond donors (Lipinski definition) is 0. The Morgan fingerprint density at radius 3 is 2.53 bits per heavy atom. The van der Waals surface area contributed by atoms with E-state index in [0.717, 1.165) is 58.8 Å². The van der Waals surface area contributed by atoms with Crippen molar-refractivity contribution in [2.75, 3.05) is 72.2 Å². The minimum atomic E-state index is -0.408. The van der Waals surface area contributed by atoms with E-state index in [2.05, 4.69) is 4.90 Å². The Hall–Kier alpha value is -2.32. The highest BCUT2D eigenvalue weighted by molar-refractivity contribution is 5.96. The first-order valence-corrected chi connectivity index (χ1v) is 10.9. The Kier molecular flexibility index (Phi) is 5.28. The molecule has 1 aromatic carbocycles. The molecule has 3 fully saturated rings. The fourth-order valence-corrected chi connectivity index (χ4v) is 4.98. The number of morpholine rings is 1. The van der Waals surface area contributed by atoms with Crippen molar-refractivity contribution in [1.82, 2.24) is 14.7 Å².